The normalized spacial score (nSPS) is 20.7. The van der Waals surface area contributed by atoms with Crippen molar-refractivity contribution in [1.82, 2.24) is 20.3 Å². The minimum atomic E-state index is -0.127. The second-order valence-corrected chi connectivity index (χ2v) is 8.39. The first-order valence-electron chi connectivity index (χ1n) is 10.6. The van der Waals surface area contributed by atoms with Gasteiger partial charge in [0.15, 0.2) is 5.69 Å². The first kappa shape index (κ1) is 18.2. The molecule has 1 amide bonds. The van der Waals surface area contributed by atoms with Gasteiger partial charge in [-0.25, -0.2) is 0 Å². The molecule has 2 aromatic heterocycles. The molecule has 2 aliphatic carbocycles. The number of carbonyl (C=O) groups is 1. The van der Waals surface area contributed by atoms with Crippen LogP contribution in [0.2, 0.25) is 0 Å². The number of rotatable bonds is 4. The third-order valence-corrected chi connectivity index (χ3v) is 6.24. The van der Waals surface area contributed by atoms with Crippen molar-refractivity contribution < 1.29 is 9.32 Å². The molecular weight excluding hydrogens is 364 g/mol. The lowest BCUT2D eigenvalue weighted by atomic mass is 9.88. The van der Waals surface area contributed by atoms with Crippen molar-refractivity contribution in [2.45, 2.75) is 58.0 Å². The maximum Gasteiger partial charge on any atom is 0.274 e. The van der Waals surface area contributed by atoms with Crippen LogP contribution in [-0.4, -0.2) is 20.8 Å². The molecule has 150 valence electrons. The zero-order chi connectivity index (χ0) is 19.8. The van der Waals surface area contributed by atoms with Crippen molar-refractivity contribution in [2.24, 2.45) is 5.92 Å². The maximum absolute atomic E-state index is 13.0. The minimum Gasteiger partial charge on any atom is -0.360 e. The van der Waals surface area contributed by atoms with E-state index >= 15 is 0 Å². The van der Waals surface area contributed by atoms with Crippen molar-refractivity contribution in [3.05, 3.63) is 70.4 Å². The number of amides is 1. The molecule has 0 saturated carbocycles. The van der Waals surface area contributed by atoms with Crippen molar-refractivity contribution in [3.63, 3.8) is 0 Å². The molecule has 6 nitrogen and oxygen atoms in total. The van der Waals surface area contributed by atoms with Gasteiger partial charge in [-0.3, -0.25) is 9.48 Å². The summed E-state index contributed by atoms with van der Waals surface area (Å²) < 4.78 is 7.53. The van der Waals surface area contributed by atoms with E-state index in [2.05, 4.69) is 39.3 Å². The van der Waals surface area contributed by atoms with E-state index in [0.29, 0.717) is 11.6 Å². The standard InChI is InChI=1S/C23H26N4O2/c1-15-10-11-21-17(12-15)22(26-29-21)23(28)25-19-8-5-9-20-18(19)13-24-27(20)14-16-6-3-2-4-7-16/h2-4,6-7,13,15,19H,5,8-12,14H2,1H3,(H,25,28)/t15-,19+/m1/s1. The highest BCUT2D eigenvalue weighted by Crippen LogP contribution is 2.32. The zero-order valence-electron chi connectivity index (χ0n) is 16.7. The summed E-state index contributed by atoms with van der Waals surface area (Å²) in [6.45, 7) is 2.97. The van der Waals surface area contributed by atoms with Gasteiger partial charge < -0.3 is 9.84 Å². The molecule has 0 fully saturated rings. The fraction of sp³-hybridized carbons (Fsp3) is 0.435. The number of aromatic nitrogens is 3. The SMILES string of the molecule is C[C@@H]1CCc2onc(C(=O)N[C@H]3CCCc4c3cnn4Cc3ccccc3)c2C1. The molecule has 3 aromatic rings. The van der Waals surface area contributed by atoms with Gasteiger partial charge in [0.1, 0.15) is 5.76 Å². The number of benzene rings is 1. The number of hydrogen-bond acceptors (Lipinski definition) is 4. The molecule has 0 unspecified atom stereocenters. The van der Waals surface area contributed by atoms with Gasteiger partial charge in [0.25, 0.3) is 5.91 Å². The summed E-state index contributed by atoms with van der Waals surface area (Å²) in [5, 5.41) is 11.9. The van der Waals surface area contributed by atoms with Crippen LogP contribution in [-0.2, 0) is 25.8 Å². The maximum atomic E-state index is 13.0. The minimum absolute atomic E-state index is 0.0239. The van der Waals surface area contributed by atoms with E-state index in [-0.39, 0.29) is 11.9 Å². The fourth-order valence-electron chi connectivity index (χ4n) is 4.64. The number of aryl methyl sites for hydroxylation is 1. The second-order valence-electron chi connectivity index (χ2n) is 8.39. The van der Waals surface area contributed by atoms with Crippen molar-refractivity contribution in [3.8, 4) is 0 Å². The fourth-order valence-corrected chi connectivity index (χ4v) is 4.64. The molecule has 5 rings (SSSR count). The van der Waals surface area contributed by atoms with Crippen LogP contribution in [0.1, 0.15) is 70.9 Å². The highest BCUT2D eigenvalue weighted by molar-refractivity contribution is 5.94. The first-order chi connectivity index (χ1) is 14.2. The summed E-state index contributed by atoms with van der Waals surface area (Å²) in [5.74, 6) is 1.32. The van der Waals surface area contributed by atoms with Crippen LogP contribution in [0.15, 0.2) is 41.1 Å². The largest absolute Gasteiger partial charge is 0.360 e. The lowest BCUT2D eigenvalue weighted by Crippen LogP contribution is -2.32. The quantitative estimate of drug-likeness (QED) is 0.734. The van der Waals surface area contributed by atoms with Gasteiger partial charge in [-0.15, -0.1) is 0 Å². The van der Waals surface area contributed by atoms with Crippen LogP contribution in [0.5, 0.6) is 0 Å². The Labute approximate surface area is 170 Å². The van der Waals surface area contributed by atoms with E-state index in [1.807, 2.05) is 24.4 Å². The number of hydrogen-bond donors (Lipinski definition) is 1. The Kier molecular flexibility index (Phi) is 4.70. The average molecular weight is 390 g/mol. The van der Waals surface area contributed by atoms with Gasteiger partial charge in [-0.05, 0) is 43.6 Å². The van der Waals surface area contributed by atoms with Crippen molar-refractivity contribution in [2.75, 3.05) is 0 Å². The molecule has 0 saturated heterocycles. The van der Waals surface area contributed by atoms with E-state index in [1.165, 1.54) is 11.3 Å². The Morgan fingerprint density at radius 1 is 1.24 bits per heavy atom. The molecule has 6 heteroatoms. The molecule has 0 spiro atoms. The summed E-state index contributed by atoms with van der Waals surface area (Å²) in [6.07, 6.45) is 7.70. The van der Waals surface area contributed by atoms with Gasteiger partial charge in [-0.2, -0.15) is 5.10 Å². The molecule has 2 heterocycles. The van der Waals surface area contributed by atoms with Crippen LogP contribution in [0.4, 0.5) is 0 Å². The Bertz CT molecular complexity index is 1020. The van der Waals surface area contributed by atoms with E-state index in [1.54, 1.807) is 0 Å². The molecule has 1 N–H and O–H groups in total. The summed E-state index contributed by atoms with van der Waals surface area (Å²) in [6, 6.07) is 10.3. The third kappa shape index (κ3) is 3.48. The number of fused-ring (bicyclic) bond motifs is 2. The van der Waals surface area contributed by atoms with Gasteiger partial charge in [0.2, 0.25) is 0 Å². The Morgan fingerprint density at radius 3 is 2.97 bits per heavy atom. The van der Waals surface area contributed by atoms with Gasteiger partial charge in [0.05, 0.1) is 18.8 Å². The smallest absolute Gasteiger partial charge is 0.274 e. The van der Waals surface area contributed by atoms with Crippen molar-refractivity contribution in [1.29, 1.82) is 0 Å². The molecule has 2 atom stereocenters. The summed E-state index contributed by atoms with van der Waals surface area (Å²) in [4.78, 5) is 13.0. The number of nitrogens with one attached hydrogen (secondary N) is 1. The summed E-state index contributed by atoms with van der Waals surface area (Å²) >= 11 is 0. The van der Waals surface area contributed by atoms with E-state index in [9.17, 15) is 4.79 Å². The van der Waals surface area contributed by atoms with Crippen LogP contribution < -0.4 is 5.32 Å². The van der Waals surface area contributed by atoms with Crippen LogP contribution in [0, 0.1) is 5.92 Å². The number of carbonyl (C=O) groups excluding carboxylic acids is 1. The molecule has 1 aromatic carbocycles. The summed E-state index contributed by atoms with van der Waals surface area (Å²) in [5.41, 5.74) is 5.05. The lowest BCUT2D eigenvalue weighted by Gasteiger charge is -2.24. The average Bonchev–Trinajstić information content (AvgIpc) is 3.33. The Morgan fingerprint density at radius 2 is 2.10 bits per heavy atom. The van der Waals surface area contributed by atoms with E-state index in [0.717, 1.165) is 62.0 Å². The monoisotopic (exact) mass is 390 g/mol. The molecular formula is C23H26N4O2. The molecule has 29 heavy (non-hydrogen) atoms. The molecule has 2 aliphatic rings. The number of nitrogens with zero attached hydrogens (tertiary/aromatic N) is 3. The Hall–Kier alpha value is -2.89. The van der Waals surface area contributed by atoms with Crippen LogP contribution in [0.3, 0.4) is 0 Å². The van der Waals surface area contributed by atoms with Gasteiger partial charge in [-0.1, -0.05) is 42.4 Å². The second kappa shape index (κ2) is 7.50. The lowest BCUT2D eigenvalue weighted by molar-refractivity contribution is 0.0922. The zero-order valence-corrected chi connectivity index (χ0v) is 16.7. The van der Waals surface area contributed by atoms with Gasteiger partial charge >= 0.3 is 0 Å². The molecule has 0 aliphatic heterocycles. The molecule has 0 radical (unpaired) electrons. The molecule has 0 bridgehead atoms. The first-order valence-corrected chi connectivity index (χ1v) is 10.6. The summed E-state index contributed by atoms with van der Waals surface area (Å²) in [7, 11) is 0. The van der Waals surface area contributed by atoms with Crippen LogP contribution >= 0.6 is 0 Å². The highest BCUT2D eigenvalue weighted by atomic mass is 16.5. The van der Waals surface area contributed by atoms with Crippen LogP contribution in [0.25, 0.3) is 0 Å². The highest BCUT2D eigenvalue weighted by Gasteiger charge is 2.30. The predicted molar refractivity (Wildman–Crippen MR) is 109 cm³/mol. The Balaban J connectivity index is 1.35. The van der Waals surface area contributed by atoms with Gasteiger partial charge in [0, 0.05) is 23.2 Å². The predicted octanol–water partition coefficient (Wildman–Crippen LogP) is 3.85. The van der Waals surface area contributed by atoms with E-state index in [4.69, 9.17) is 4.52 Å². The third-order valence-electron chi connectivity index (χ3n) is 6.24. The topological polar surface area (TPSA) is 73.0 Å². The van der Waals surface area contributed by atoms with Crippen molar-refractivity contribution >= 4 is 5.91 Å². The van der Waals surface area contributed by atoms with E-state index < -0.39 is 0 Å².